The number of fused-ring (bicyclic) bond motifs is 1. The van der Waals surface area contributed by atoms with Gasteiger partial charge in [-0.1, -0.05) is 70.5 Å². The van der Waals surface area contributed by atoms with Crippen LogP contribution in [0, 0.1) is 0 Å². The Kier molecular flexibility index (Phi) is 5.69. The van der Waals surface area contributed by atoms with Gasteiger partial charge in [-0.3, -0.25) is 5.10 Å². The highest BCUT2D eigenvalue weighted by Crippen LogP contribution is 2.30. The largest absolute Gasteiger partial charge is 0.303 e. The number of benzene rings is 3. The monoisotopic (exact) mass is 459 g/mol. The molecule has 2 heterocycles. The summed E-state index contributed by atoms with van der Waals surface area (Å²) in [6.45, 7) is 3.44. The van der Waals surface area contributed by atoms with Crippen LogP contribution in [0.3, 0.4) is 0 Å². The zero-order valence-electron chi connectivity index (χ0n) is 17.0. The molecule has 4 aromatic rings. The van der Waals surface area contributed by atoms with Crippen LogP contribution in [0.4, 0.5) is 0 Å². The third kappa shape index (κ3) is 4.21. The van der Waals surface area contributed by atoms with Crippen LogP contribution >= 0.6 is 15.9 Å². The van der Waals surface area contributed by atoms with Crippen molar-refractivity contribution >= 4 is 26.7 Å². The van der Waals surface area contributed by atoms with Crippen molar-refractivity contribution in [2.24, 2.45) is 0 Å². The van der Waals surface area contributed by atoms with Crippen LogP contribution in [0.2, 0.25) is 0 Å². The first-order valence-electron chi connectivity index (χ1n) is 10.8. The minimum absolute atomic E-state index is 0.576. The maximum atomic E-state index is 4.57. The molecule has 0 radical (unpaired) electrons. The standard InChI is InChI=1S/C26H26BrN3/c27-23-9-4-8-22(17-23)26-18-25(28-29-26)21-12-15-30(16-13-21)14-11-20-7-3-6-19-5-1-2-10-24(19)20/h1-10,17-18,21H,11-16H2,(H,28,29). The molecule has 0 unspecified atom stereocenters. The van der Waals surface area contributed by atoms with Gasteiger partial charge >= 0.3 is 0 Å². The van der Waals surface area contributed by atoms with Gasteiger partial charge in [0.2, 0.25) is 0 Å². The molecule has 1 N–H and O–H groups in total. The number of hydrogen-bond acceptors (Lipinski definition) is 2. The average Bonchev–Trinajstić information content (AvgIpc) is 3.28. The number of rotatable bonds is 5. The van der Waals surface area contributed by atoms with Crippen LogP contribution in [0.5, 0.6) is 0 Å². The van der Waals surface area contributed by atoms with Gasteiger partial charge in [0.1, 0.15) is 0 Å². The second-order valence-corrected chi connectivity index (χ2v) is 9.14. The quantitative estimate of drug-likeness (QED) is 0.373. The Balaban J connectivity index is 1.19. The van der Waals surface area contributed by atoms with E-state index in [0.29, 0.717) is 5.92 Å². The smallest absolute Gasteiger partial charge is 0.0924 e. The van der Waals surface area contributed by atoms with E-state index in [1.165, 1.54) is 34.9 Å². The van der Waals surface area contributed by atoms with Gasteiger partial charge in [-0.25, -0.2) is 0 Å². The van der Waals surface area contributed by atoms with Crippen LogP contribution in [-0.2, 0) is 6.42 Å². The van der Waals surface area contributed by atoms with Gasteiger partial charge in [0, 0.05) is 28.2 Å². The van der Waals surface area contributed by atoms with Crippen molar-refractivity contribution in [1.82, 2.24) is 15.1 Å². The molecule has 1 fully saturated rings. The lowest BCUT2D eigenvalue weighted by atomic mass is 9.92. The first-order chi connectivity index (χ1) is 14.8. The molecule has 0 saturated carbocycles. The van der Waals surface area contributed by atoms with Gasteiger partial charge < -0.3 is 4.90 Å². The van der Waals surface area contributed by atoms with E-state index in [0.717, 1.165) is 41.8 Å². The van der Waals surface area contributed by atoms with Crippen molar-refractivity contribution in [3.8, 4) is 11.3 Å². The van der Waals surface area contributed by atoms with Crippen LogP contribution in [0.25, 0.3) is 22.0 Å². The molecular weight excluding hydrogens is 434 g/mol. The number of nitrogens with zero attached hydrogens (tertiary/aromatic N) is 2. The van der Waals surface area contributed by atoms with Crippen molar-refractivity contribution in [1.29, 1.82) is 0 Å². The van der Waals surface area contributed by atoms with Gasteiger partial charge in [-0.15, -0.1) is 0 Å². The predicted molar refractivity (Wildman–Crippen MR) is 128 cm³/mol. The van der Waals surface area contributed by atoms with E-state index in [9.17, 15) is 0 Å². The van der Waals surface area contributed by atoms with E-state index in [-0.39, 0.29) is 0 Å². The van der Waals surface area contributed by atoms with Crippen molar-refractivity contribution in [3.05, 3.63) is 88.5 Å². The molecule has 1 saturated heterocycles. The highest BCUT2D eigenvalue weighted by molar-refractivity contribution is 9.10. The minimum atomic E-state index is 0.576. The fourth-order valence-corrected chi connectivity index (χ4v) is 5.00. The number of nitrogens with one attached hydrogen (secondary N) is 1. The topological polar surface area (TPSA) is 31.9 Å². The molecule has 5 rings (SSSR count). The van der Waals surface area contributed by atoms with E-state index in [1.807, 2.05) is 6.07 Å². The van der Waals surface area contributed by atoms with E-state index < -0.39 is 0 Å². The number of aromatic nitrogens is 2. The molecule has 0 aliphatic carbocycles. The van der Waals surface area contributed by atoms with Crippen LogP contribution < -0.4 is 0 Å². The average molecular weight is 460 g/mol. The van der Waals surface area contributed by atoms with Crippen molar-refractivity contribution in [2.45, 2.75) is 25.2 Å². The normalized spacial score (nSPS) is 15.6. The summed E-state index contributed by atoms with van der Waals surface area (Å²) in [6, 6.07) is 26.0. The Morgan fingerprint density at radius 2 is 1.73 bits per heavy atom. The second-order valence-electron chi connectivity index (χ2n) is 8.22. The summed E-state index contributed by atoms with van der Waals surface area (Å²) in [5, 5.41) is 10.6. The van der Waals surface area contributed by atoms with Gasteiger partial charge in [0.05, 0.1) is 5.69 Å². The van der Waals surface area contributed by atoms with E-state index in [1.54, 1.807) is 0 Å². The van der Waals surface area contributed by atoms with Crippen LogP contribution in [-0.4, -0.2) is 34.7 Å². The summed E-state index contributed by atoms with van der Waals surface area (Å²) < 4.78 is 1.09. The molecule has 0 amide bonds. The van der Waals surface area contributed by atoms with Gasteiger partial charge in [0.25, 0.3) is 0 Å². The summed E-state index contributed by atoms with van der Waals surface area (Å²) >= 11 is 3.55. The zero-order chi connectivity index (χ0) is 20.3. The highest BCUT2D eigenvalue weighted by Gasteiger charge is 2.22. The number of H-pyrrole nitrogens is 1. The summed E-state index contributed by atoms with van der Waals surface area (Å²) in [5.74, 6) is 0.576. The van der Waals surface area contributed by atoms with E-state index >= 15 is 0 Å². The molecule has 1 aromatic heterocycles. The number of halogens is 1. The van der Waals surface area contributed by atoms with Crippen molar-refractivity contribution in [3.63, 3.8) is 0 Å². The molecule has 0 bridgehead atoms. The number of hydrogen-bond donors (Lipinski definition) is 1. The highest BCUT2D eigenvalue weighted by atomic mass is 79.9. The third-order valence-corrected chi connectivity index (χ3v) is 6.82. The molecule has 3 nitrogen and oxygen atoms in total. The number of likely N-dealkylation sites (tertiary alicyclic amines) is 1. The maximum absolute atomic E-state index is 4.57. The Bertz CT molecular complexity index is 1140. The molecule has 4 heteroatoms. The number of aromatic amines is 1. The lowest BCUT2D eigenvalue weighted by Crippen LogP contribution is -2.34. The fraction of sp³-hybridized carbons (Fsp3) is 0.269. The lowest BCUT2D eigenvalue weighted by Gasteiger charge is -2.31. The molecule has 1 aliphatic rings. The Morgan fingerprint density at radius 3 is 2.60 bits per heavy atom. The summed E-state index contributed by atoms with van der Waals surface area (Å²) in [7, 11) is 0. The summed E-state index contributed by atoms with van der Waals surface area (Å²) in [6.07, 6.45) is 3.49. The first kappa shape index (κ1) is 19.5. The third-order valence-electron chi connectivity index (χ3n) is 6.32. The zero-order valence-corrected chi connectivity index (χ0v) is 18.6. The Hall–Kier alpha value is -2.43. The fourth-order valence-electron chi connectivity index (χ4n) is 4.60. The maximum Gasteiger partial charge on any atom is 0.0924 e. The Morgan fingerprint density at radius 1 is 0.933 bits per heavy atom. The molecule has 1 aliphatic heterocycles. The SMILES string of the molecule is Brc1cccc(-c2cc(C3CCN(CCc4cccc5ccccc45)CC3)[nH]n2)c1. The number of piperidine rings is 1. The van der Waals surface area contributed by atoms with Gasteiger partial charge in [-0.05, 0) is 66.9 Å². The molecule has 30 heavy (non-hydrogen) atoms. The first-order valence-corrected chi connectivity index (χ1v) is 11.6. The summed E-state index contributed by atoms with van der Waals surface area (Å²) in [4.78, 5) is 2.61. The van der Waals surface area contributed by atoms with Crippen molar-refractivity contribution < 1.29 is 0 Å². The van der Waals surface area contributed by atoms with Crippen LogP contribution in [0.15, 0.2) is 77.3 Å². The minimum Gasteiger partial charge on any atom is -0.303 e. The van der Waals surface area contributed by atoms with Crippen molar-refractivity contribution in [2.75, 3.05) is 19.6 Å². The van der Waals surface area contributed by atoms with E-state index in [2.05, 4.69) is 97.8 Å². The van der Waals surface area contributed by atoms with Gasteiger partial charge in [-0.2, -0.15) is 5.10 Å². The molecule has 3 aromatic carbocycles. The van der Waals surface area contributed by atoms with E-state index in [4.69, 9.17) is 0 Å². The second kappa shape index (κ2) is 8.75. The summed E-state index contributed by atoms with van der Waals surface area (Å²) in [5.41, 5.74) is 4.92. The van der Waals surface area contributed by atoms with Crippen LogP contribution in [0.1, 0.15) is 30.0 Å². The molecule has 152 valence electrons. The lowest BCUT2D eigenvalue weighted by molar-refractivity contribution is 0.213. The molecular formula is C26H26BrN3. The van der Waals surface area contributed by atoms with Gasteiger partial charge in [0.15, 0.2) is 0 Å². The molecule has 0 atom stereocenters. The Labute approximate surface area is 186 Å². The predicted octanol–water partition coefficient (Wildman–Crippen LogP) is 6.41. The molecule has 0 spiro atoms.